The molecule has 2 heterocycles. The summed E-state index contributed by atoms with van der Waals surface area (Å²) in [4.78, 5) is 4.38. The van der Waals surface area contributed by atoms with Gasteiger partial charge in [-0.15, -0.1) is 10.2 Å². The molecule has 1 aliphatic rings. The van der Waals surface area contributed by atoms with E-state index in [0.717, 1.165) is 17.9 Å². The van der Waals surface area contributed by atoms with Crippen LogP contribution in [-0.4, -0.2) is 37.5 Å². The number of hydrogen-bond donors (Lipinski definition) is 2. The molecule has 0 bridgehead atoms. The fourth-order valence-corrected chi connectivity index (χ4v) is 3.25. The predicted molar refractivity (Wildman–Crippen MR) is 84.7 cm³/mol. The maximum Gasteiger partial charge on any atom is 0.135 e. The minimum absolute atomic E-state index is 0.129. The van der Waals surface area contributed by atoms with Crippen LogP contribution in [0.3, 0.4) is 0 Å². The fourth-order valence-electron chi connectivity index (χ4n) is 3.25. The van der Waals surface area contributed by atoms with Gasteiger partial charge in [-0.2, -0.15) is 5.26 Å². The Balaban J connectivity index is 1.64. The number of aliphatic hydroxyl groups is 1. The summed E-state index contributed by atoms with van der Waals surface area (Å²) in [7, 11) is 1.92. The summed E-state index contributed by atoms with van der Waals surface area (Å²) >= 11 is 0. The maximum absolute atomic E-state index is 10.3. The van der Waals surface area contributed by atoms with Crippen LogP contribution in [0.25, 0.3) is 0 Å². The lowest BCUT2D eigenvalue weighted by Gasteiger charge is -2.15. The molecule has 7 heteroatoms. The van der Waals surface area contributed by atoms with Gasteiger partial charge in [0, 0.05) is 31.1 Å². The van der Waals surface area contributed by atoms with Gasteiger partial charge in [-0.1, -0.05) is 0 Å². The third-order valence-electron chi connectivity index (χ3n) is 4.40. The lowest BCUT2D eigenvalue weighted by atomic mass is 10.0. The molecule has 3 atom stereocenters. The van der Waals surface area contributed by atoms with Crippen LogP contribution in [0.4, 0.5) is 5.82 Å². The molecule has 0 amide bonds. The summed E-state index contributed by atoms with van der Waals surface area (Å²) in [5.74, 6) is 1.96. The highest BCUT2D eigenvalue weighted by Crippen LogP contribution is 2.37. The van der Waals surface area contributed by atoms with Gasteiger partial charge in [0.15, 0.2) is 0 Å². The van der Waals surface area contributed by atoms with Crippen molar-refractivity contribution in [2.45, 2.75) is 31.8 Å². The fraction of sp³-hybridized carbons (Fsp3) is 0.500. The van der Waals surface area contributed by atoms with Crippen molar-refractivity contribution in [3.8, 4) is 6.07 Å². The molecule has 1 aliphatic carbocycles. The topological polar surface area (TPSA) is 99.7 Å². The number of pyridine rings is 1. The molecule has 7 nitrogen and oxygen atoms in total. The van der Waals surface area contributed by atoms with E-state index < -0.39 is 0 Å². The third kappa shape index (κ3) is 3.32. The van der Waals surface area contributed by atoms with Gasteiger partial charge in [0.25, 0.3) is 0 Å². The second kappa shape index (κ2) is 6.34. The minimum atomic E-state index is -0.371. The molecule has 0 saturated heterocycles. The van der Waals surface area contributed by atoms with Crippen molar-refractivity contribution < 1.29 is 5.11 Å². The number of nitriles is 1. The van der Waals surface area contributed by atoms with Crippen molar-refractivity contribution in [3.63, 3.8) is 0 Å². The molecule has 23 heavy (non-hydrogen) atoms. The summed E-state index contributed by atoms with van der Waals surface area (Å²) in [5, 5.41) is 30.6. The molecule has 0 aliphatic heterocycles. The standard InChI is InChI=1S/C16H20N6O/c1-10-3-11(7-17)4-15(20-10)18-8-13-5-12(6-14(13)23)16-21-19-9-22(16)2/h3-4,9,12-14,23H,5-6,8H2,1-2H3,(H,18,20)/t12-,13+,14+/m0/s1. The zero-order valence-electron chi connectivity index (χ0n) is 13.3. The Labute approximate surface area is 135 Å². The number of aliphatic hydroxyl groups excluding tert-OH is 1. The number of aromatic nitrogens is 4. The van der Waals surface area contributed by atoms with Gasteiger partial charge in [-0.3, -0.25) is 0 Å². The highest BCUT2D eigenvalue weighted by atomic mass is 16.3. The molecule has 2 N–H and O–H groups in total. The van der Waals surface area contributed by atoms with Crippen LogP contribution < -0.4 is 5.32 Å². The second-order valence-corrected chi connectivity index (χ2v) is 6.17. The first-order chi connectivity index (χ1) is 11.1. The molecule has 0 aromatic carbocycles. The third-order valence-corrected chi connectivity index (χ3v) is 4.40. The van der Waals surface area contributed by atoms with Gasteiger partial charge in [-0.05, 0) is 31.9 Å². The zero-order valence-corrected chi connectivity index (χ0v) is 13.3. The van der Waals surface area contributed by atoms with Crippen LogP contribution >= 0.6 is 0 Å². The largest absolute Gasteiger partial charge is 0.393 e. The van der Waals surface area contributed by atoms with E-state index in [9.17, 15) is 5.11 Å². The number of anilines is 1. The Morgan fingerprint density at radius 1 is 1.43 bits per heavy atom. The summed E-state index contributed by atoms with van der Waals surface area (Å²) in [6, 6.07) is 5.61. The highest BCUT2D eigenvalue weighted by molar-refractivity contribution is 5.44. The lowest BCUT2D eigenvalue weighted by molar-refractivity contribution is 0.137. The molecule has 2 aromatic rings. The van der Waals surface area contributed by atoms with Crippen LogP contribution in [0.5, 0.6) is 0 Å². The van der Waals surface area contributed by atoms with Crippen LogP contribution in [0.2, 0.25) is 0 Å². The maximum atomic E-state index is 10.3. The van der Waals surface area contributed by atoms with Crippen molar-refractivity contribution >= 4 is 5.82 Å². The summed E-state index contributed by atoms with van der Waals surface area (Å²) < 4.78 is 1.91. The van der Waals surface area contributed by atoms with Gasteiger partial charge in [0.2, 0.25) is 0 Å². The molecule has 1 saturated carbocycles. The molecule has 120 valence electrons. The van der Waals surface area contributed by atoms with Crippen LogP contribution in [0.1, 0.15) is 35.8 Å². The number of rotatable bonds is 4. The molecule has 1 fully saturated rings. The quantitative estimate of drug-likeness (QED) is 0.884. The first-order valence-electron chi connectivity index (χ1n) is 7.71. The predicted octanol–water partition coefficient (Wildman–Crippen LogP) is 1.36. The first kappa shape index (κ1) is 15.4. The molecular weight excluding hydrogens is 292 g/mol. The van der Waals surface area contributed by atoms with E-state index in [1.165, 1.54) is 0 Å². The molecule has 0 unspecified atom stereocenters. The van der Waals surface area contributed by atoms with Gasteiger partial charge >= 0.3 is 0 Å². The molecule has 2 aromatic heterocycles. The average molecular weight is 312 g/mol. The lowest BCUT2D eigenvalue weighted by Crippen LogP contribution is -2.22. The Morgan fingerprint density at radius 3 is 2.96 bits per heavy atom. The van der Waals surface area contributed by atoms with E-state index in [2.05, 4.69) is 26.6 Å². The van der Waals surface area contributed by atoms with Gasteiger partial charge in [-0.25, -0.2) is 4.98 Å². The Kier molecular flexibility index (Phi) is 4.26. The number of nitrogens with one attached hydrogen (secondary N) is 1. The summed E-state index contributed by atoms with van der Waals surface area (Å²) in [5.41, 5.74) is 1.39. The van der Waals surface area contributed by atoms with Gasteiger partial charge < -0.3 is 15.0 Å². The van der Waals surface area contributed by atoms with Crippen molar-refractivity contribution in [1.29, 1.82) is 5.26 Å². The van der Waals surface area contributed by atoms with Gasteiger partial charge in [0.1, 0.15) is 18.0 Å². The average Bonchev–Trinajstić information content (AvgIpc) is 3.10. The Morgan fingerprint density at radius 2 is 2.26 bits per heavy atom. The van der Waals surface area contributed by atoms with Crippen molar-refractivity contribution in [2.24, 2.45) is 13.0 Å². The van der Waals surface area contributed by atoms with E-state index in [1.807, 2.05) is 18.5 Å². The van der Waals surface area contributed by atoms with E-state index >= 15 is 0 Å². The first-order valence-corrected chi connectivity index (χ1v) is 7.71. The number of aryl methyl sites for hydroxylation is 2. The van der Waals surface area contributed by atoms with E-state index in [0.29, 0.717) is 24.3 Å². The van der Waals surface area contributed by atoms with Crippen molar-refractivity contribution in [1.82, 2.24) is 19.7 Å². The number of hydrogen-bond acceptors (Lipinski definition) is 6. The molecule has 3 rings (SSSR count). The molecule has 0 radical (unpaired) electrons. The monoisotopic (exact) mass is 312 g/mol. The summed E-state index contributed by atoms with van der Waals surface area (Å²) in [6.45, 7) is 2.48. The Hall–Kier alpha value is -2.46. The molecule has 0 spiro atoms. The van der Waals surface area contributed by atoms with Crippen molar-refractivity contribution in [2.75, 3.05) is 11.9 Å². The van der Waals surface area contributed by atoms with E-state index in [1.54, 1.807) is 18.5 Å². The van der Waals surface area contributed by atoms with Gasteiger partial charge in [0.05, 0.1) is 17.7 Å². The van der Waals surface area contributed by atoms with Crippen molar-refractivity contribution in [3.05, 3.63) is 35.5 Å². The van der Waals surface area contributed by atoms with Crippen LogP contribution in [0, 0.1) is 24.2 Å². The molecular formula is C16H20N6O. The summed E-state index contributed by atoms with van der Waals surface area (Å²) in [6.07, 6.45) is 2.87. The second-order valence-electron chi connectivity index (χ2n) is 6.17. The van der Waals surface area contributed by atoms with Crippen LogP contribution in [-0.2, 0) is 7.05 Å². The number of nitrogens with zero attached hydrogens (tertiary/aromatic N) is 5. The normalized spacial score (nSPS) is 23.7. The SMILES string of the molecule is Cc1cc(C#N)cc(NC[C@H]2C[C@H](c3nncn3C)C[C@H]2O)n1. The Bertz CT molecular complexity index is 734. The minimum Gasteiger partial charge on any atom is -0.393 e. The van der Waals surface area contributed by atoms with Crippen LogP contribution in [0.15, 0.2) is 18.5 Å². The zero-order chi connectivity index (χ0) is 16.4. The van der Waals surface area contributed by atoms with E-state index in [4.69, 9.17) is 5.26 Å². The van der Waals surface area contributed by atoms with E-state index in [-0.39, 0.29) is 17.9 Å². The highest BCUT2D eigenvalue weighted by Gasteiger charge is 2.35. The smallest absolute Gasteiger partial charge is 0.135 e.